The van der Waals surface area contributed by atoms with Crippen molar-refractivity contribution in [3.8, 4) is 0 Å². The molecule has 2 amide bonds. The van der Waals surface area contributed by atoms with Gasteiger partial charge in [0.25, 0.3) is 11.8 Å². The monoisotopic (exact) mass is 250 g/mol. The van der Waals surface area contributed by atoms with Crippen LogP contribution in [0, 0.1) is 11.8 Å². The largest absolute Gasteiger partial charge is 0.271 e. The van der Waals surface area contributed by atoms with E-state index in [1.54, 1.807) is 0 Å². The van der Waals surface area contributed by atoms with Gasteiger partial charge in [0.05, 0.1) is 0 Å². The van der Waals surface area contributed by atoms with Gasteiger partial charge in [-0.3, -0.25) is 9.59 Å². The standard InChI is InChI=1S/C14H22N2O2/c17-13(11-7-3-1-4-8-11)15-16-14(18)12-9-5-2-6-10-12/h11-12H,1-10H2/b16-15+. The van der Waals surface area contributed by atoms with Crippen LogP contribution < -0.4 is 0 Å². The highest BCUT2D eigenvalue weighted by molar-refractivity contribution is 5.84. The summed E-state index contributed by atoms with van der Waals surface area (Å²) < 4.78 is 0. The summed E-state index contributed by atoms with van der Waals surface area (Å²) in [4.78, 5) is 23.5. The molecule has 4 nitrogen and oxygen atoms in total. The quantitative estimate of drug-likeness (QED) is 0.702. The van der Waals surface area contributed by atoms with Crippen molar-refractivity contribution < 1.29 is 9.59 Å². The first-order valence-electron chi connectivity index (χ1n) is 7.27. The molecule has 0 aromatic carbocycles. The summed E-state index contributed by atoms with van der Waals surface area (Å²) in [6.45, 7) is 0. The molecule has 2 rings (SSSR count). The van der Waals surface area contributed by atoms with E-state index in [0.717, 1.165) is 51.4 Å². The minimum atomic E-state index is -0.182. The Labute approximate surface area is 108 Å². The zero-order valence-corrected chi connectivity index (χ0v) is 10.9. The smallest absolute Gasteiger partial charge is 0.267 e. The van der Waals surface area contributed by atoms with Crippen LogP contribution in [0.25, 0.3) is 0 Å². The van der Waals surface area contributed by atoms with Crippen LogP contribution in [0.5, 0.6) is 0 Å². The lowest BCUT2D eigenvalue weighted by atomic mass is 9.88. The number of amides is 2. The Morgan fingerprint density at radius 1 is 0.611 bits per heavy atom. The fourth-order valence-electron chi connectivity index (χ4n) is 2.96. The number of carbonyl (C=O) groups excluding carboxylic acids is 2. The lowest BCUT2D eigenvalue weighted by Gasteiger charge is -2.18. The fourth-order valence-corrected chi connectivity index (χ4v) is 2.96. The second-order valence-electron chi connectivity index (χ2n) is 5.55. The molecule has 100 valence electrons. The summed E-state index contributed by atoms with van der Waals surface area (Å²) in [7, 11) is 0. The van der Waals surface area contributed by atoms with Crippen LogP contribution in [-0.2, 0) is 9.59 Å². The van der Waals surface area contributed by atoms with Gasteiger partial charge < -0.3 is 0 Å². The molecule has 0 aliphatic heterocycles. The van der Waals surface area contributed by atoms with Crippen molar-refractivity contribution in [2.75, 3.05) is 0 Å². The predicted molar refractivity (Wildman–Crippen MR) is 68.0 cm³/mol. The van der Waals surface area contributed by atoms with Crippen LogP contribution in [-0.4, -0.2) is 11.8 Å². The Morgan fingerprint density at radius 2 is 0.944 bits per heavy atom. The van der Waals surface area contributed by atoms with Crippen LogP contribution in [0.3, 0.4) is 0 Å². The Kier molecular flexibility index (Phi) is 5.02. The number of hydrogen-bond donors (Lipinski definition) is 0. The second kappa shape index (κ2) is 6.76. The lowest BCUT2D eigenvalue weighted by Crippen LogP contribution is -2.18. The molecular weight excluding hydrogens is 228 g/mol. The predicted octanol–water partition coefficient (Wildman–Crippen LogP) is 3.65. The third-order valence-electron chi connectivity index (χ3n) is 4.16. The molecule has 0 heterocycles. The average Bonchev–Trinajstić information content (AvgIpc) is 2.46. The molecule has 0 aromatic heterocycles. The van der Waals surface area contributed by atoms with Crippen LogP contribution in [0.4, 0.5) is 0 Å². The van der Waals surface area contributed by atoms with Crippen molar-refractivity contribution in [1.82, 2.24) is 0 Å². The number of carbonyl (C=O) groups is 2. The van der Waals surface area contributed by atoms with E-state index in [1.807, 2.05) is 0 Å². The van der Waals surface area contributed by atoms with Gasteiger partial charge in [0, 0.05) is 11.8 Å². The second-order valence-corrected chi connectivity index (χ2v) is 5.55. The van der Waals surface area contributed by atoms with Crippen LogP contribution in [0.2, 0.25) is 0 Å². The van der Waals surface area contributed by atoms with Gasteiger partial charge in [-0.2, -0.15) is 0 Å². The molecule has 0 unspecified atom stereocenters. The molecular formula is C14H22N2O2. The van der Waals surface area contributed by atoms with Gasteiger partial charge in [-0.25, -0.2) is 0 Å². The van der Waals surface area contributed by atoms with Crippen molar-refractivity contribution in [3.05, 3.63) is 0 Å². The molecule has 2 aliphatic carbocycles. The number of rotatable bonds is 2. The molecule has 0 spiro atoms. The molecule has 2 saturated carbocycles. The van der Waals surface area contributed by atoms with Gasteiger partial charge in [0.1, 0.15) is 0 Å². The van der Waals surface area contributed by atoms with Gasteiger partial charge in [0.15, 0.2) is 0 Å². The van der Waals surface area contributed by atoms with E-state index < -0.39 is 0 Å². The maximum absolute atomic E-state index is 11.8. The lowest BCUT2D eigenvalue weighted by molar-refractivity contribution is -0.127. The maximum atomic E-state index is 11.8. The Bertz CT molecular complexity index is 295. The fraction of sp³-hybridized carbons (Fsp3) is 0.857. The highest BCUT2D eigenvalue weighted by atomic mass is 16.2. The Balaban J connectivity index is 1.81. The third kappa shape index (κ3) is 3.72. The van der Waals surface area contributed by atoms with Gasteiger partial charge >= 0.3 is 0 Å². The highest BCUT2D eigenvalue weighted by Gasteiger charge is 2.23. The molecule has 0 atom stereocenters. The summed E-state index contributed by atoms with van der Waals surface area (Å²) in [6.07, 6.45) is 10.5. The topological polar surface area (TPSA) is 58.9 Å². The number of nitrogens with zero attached hydrogens (tertiary/aromatic N) is 2. The van der Waals surface area contributed by atoms with Crippen molar-refractivity contribution in [3.63, 3.8) is 0 Å². The minimum absolute atomic E-state index is 0.0154. The first kappa shape index (κ1) is 13.4. The molecule has 0 radical (unpaired) electrons. The van der Waals surface area contributed by atoms with E-state index in [1.165, 1.54) is 12.8 Å². The number of hydrogen-bond acceptors (Lipinski definition) is 2. The SMILES string of the molecule is O=C(/N=N/C(=O)C1CCCCC1)C1CCCCC1. The van der Waals surface area contributed by atoms with Crippen LogP contribution in [0.15, 0.2) is 10.2 Å². The highest BCUT2D eigenvalue weighted by Crippen LogP contribution is 2.26. The molecule has 18 heavy (non-hydrogen) atoms. The van der Waals surface area contributed by atoms with E-state index in [4.69, 9.17) is 0 Å². The third-order valence-corrected chi connectivity index (χ3v) is 4.16. The summed E-state index contributed by atoms with van der Waals surface area (Å²) in [5.41, 5.74) is 0. The first-order chi connectivity index (χ1) is 8.77. The molecule has 2 fully saturated rings. The Hall–Kier alpha value is -1.06. The number of azo groups is 1. The van der Waals surface area contributed by atoms with Crippen molar-refractivity contribution in [1.29, 1.82) is 0 Å². The molecule has 4 heteroatoms. The average molecular weight is 250 g/mol. The van der Waals surface area contributed by atoms with Crippen LogP contribution >= 0.6 is 0 Å². The van der Waals surface area contributed by atoms with E-state index in [2.05, 4.69) is 10.2 Å². The van der Waals surface area contributed by atoms with Gasteiger partial charge in [-0.05, 0) is 25.7 Å². The molecule has 0 N–H and O–H groups in total. The normalized spacial score (nSPS) is 23.3. The van der Waals surface area contributed by atoms with E-state index in [-0.39, 0.29) is 23.7 Å². The molecule has 0 bridgehead atoms. The van der Waals surface area contributed by atoms with E-state index in [9.17, 15) is 9.59 Å². The van der Waals surface area contributed by atoms with Gasteiger partial charge in [-0.15, -0.1) is 10.2 Å². The van der Waals surface area contributed by atoms with Gasteiger partial charge in [0.2, 0.25) is 0 Å². The molecule has 0 aromatic rings. The van der Waals surface area contributed by atoms with Crippen molar-refractivity contribution in [2.24, 2.45) is 22.1 Å². The zero-order valence-electron chi connectivity index (χ0n) is 10.9. The summed E-state index contributed by atoms with van der Waals surface area (Å²) >= 11 is 0. The van der Waals surface area contributed by atoms with Crippen LogP contribution in [0.1, 0.15) is 64.2 Å². The summed E-state index contributed by atoms with van der Waals surface area (Å²) in [5, 5.41) is 7.32. The summed E-state index contributed by atoms with van der Waals surface area (Å²) in [6, 6.07) is 0. The zero-order chi connectivity index (χ0) is 12.8. The van der Waals surface area contributed by atoms with E-state index in [0.29, 0.717) is 0 Å². The van der Waals surface area contributed by atoms with Gasteiger partial charge in [-0.1, -0.05) is 38.5 Å². The van der Waals surface area contributed by atoms with Crippen molar-refractivity contribution in [2.45, 2.75) is 64.2 Å². The Morgan fingerprint density at radius 3 is 1.28 bits per heavy atom. The molecule has 2 aliphatic rings. The summed E-state index contributed by atoms with van der Waals surface area (Å²) in [5.74, 6) is -0.332. The molecule has 0 saturated heterocycles. The maximum Gasteiger partial charge on any atom is 0.267 e. The van der Waals surface area contributed by atoms with E-state index >= 15 is 0 Å². The van der Waals surface area contributed by atoms with Crippen molar-refractivity contribution >= 4 is 11.8 Å². The minimum Gasteiger partial charge on any atom is -0.271 e. The first-order valence-corrected chi connectivity index (χ1v) is 7.27.